The number of nitrogens with zero attached hydrogens (tertiary/aromatic N) is 1. The Morgan fingerprint density at radius 2 is 2.12 bits per heavy atom. The second kappa shape index (κ2) is 4.84. The zero-order chi connectivity index (χ0) is 12.5. The fraction of sp³-hybridized carbons (Fsp3) is 0.909. The molecule has 2 fully saturated rings. The van der Waals surface area contributed by atoms with Gasteiger partial charge in [-0.2, -0.15) is 13.2 Å². The van der Waals surface area contributed by atoms with Gasteiger partial charge in [-0.3, -0.25) is 4.79 Å². The lowest BCUT2D eigenvalue weighted by molar-refractivity contribution is -0.150. The van der Waals surface area contributed by atoms with E-state index in [4.69, 9.17) is 0 Å². The SMILES string of the molecule is O=C(CCC(F)(F)F)N1CCC2NCCC2C1. The Morgan fingerprint density at radius 1 is 1.35 bits per heavy atom. The molecule has 2 aliphatic rings. The Kier molecular flexibility index (Phi) is 3.61. The van der Waals surface area contributed by atoms with Crippen LogP contribution >= 0.6 is 0 Å². The maximum Gasteiger partial charge on any atom is 0.389 e. The van der Waals surface area contributed by atoms with Gasteiger partial charge in [0.15, 0.2) is 0 Å². The van der Waals surface area contributed by atoms with E-state index in [0.29, 0.717) is 25.0 Å². The Morgan fingerprint density at radius 3 is 2.82 bits per heavy atom. The van der Waals surface area contributed by atoms with Crippen molar-refractivity contribution in [2.45, 2.75) is 37.9 Å². The van der Waals surface area contributed by atoms with Crippen LogP contribution in [0.2, 0.25) is 0 Å². The van der Waals surface area contributed by atoms with Crippen LogP contribution in [0.3, 0.4) is 0 Å². The van der Waals surface area contributed by atoms with Gasteiger partial charge in [-0.1, -0.05) is 0 Å². The van der Waals surface area contributed by atoms with Gasteiger partial charge >= 0.3 is 6.18 Å². The lowest BCUT2D eigenvalue weighted by Gasteiger charge is -2.35. The first-order valence-electron chi connectivity index (χ1n) is 6.03. The summed E-state index contributed by atoms with van der Waals surface area (Å²) in [6.45, 7) is 2.17. The zero-order valence-corrected chi connectivity index (χ0v) is 9.59. The summed E-state index contributed by atoms with van der Waals surface area (Å²) in [6, 6.07) is 0.460. The topological polar surface area (TPSA) is 32.3 Å². The fourth-order valence-corrected chi connectivity index (χ4v) is 2.68. The van der Waals surface area contributed by atoms with Crippen molar-refractivity contribution in [2.24, 2.45) is 5.92 Å². The molecule has 2 rings (SSSR count). The van der Waals surface area contributed by atoms with Crippen molar-refractivity contribution in [1.82, 2.24) is 10.2 Å². The molecule has 1 amide bonds. The molecule has 6 heteroatoms. The van der Waals surface area contributed by atoms with E-state index >= 15 is 0 Å². The summed E-state index contributed by atoms with van der Waals surface area (Å²) in [6.07, 6.45) is -3.76. The second-order valence-electron chi connectivity index (χ2n) is 4.85. The molecule has 0 spiro atoms. The summed E-state index contributed by atoms with van der Waals surface area (Å²) >= 11 is 0. The van der Waals surface area contributed by atoms with Crippen LogP contribution in [-0.2, 0) is 4.79 Å². The van der Waals surface area contributed by atoms with Crippen LogP contribution in [0, 0.1) is 5.92 Å². The normalized spacial score (nSPS) is 29.2. The molecule has 0 aromatic heterocycles. The van der Waals surface area contributed by atoms with E-state index in [-0.39, 0.29) is 5.91 Å². The Balaban J connectivity index is 1.80. The van der Waals surface area contributed by atoms with E-state index in [0.717, 1.165) is 19.4 Å². The van der Waals surface area contributed by atoms with Crippen LogP contribution in [0.25, 0.3) is 0 Å². The molecule has 0 aromatic rings. The van der Waals surface area contributed by atoms with Crippen molar-refractivity contribution in [3.8, 4) is 0 Å². The highest BCUT2D eigenvalue weighted by Crippen LogP contribution is 2.26. The van der Waals surface area contributed by atoms with Crippen LogP contribution in [0.1, 0.15) is 25.7 Å². The standard InChI is InChI=1S/C11H17F3N2O/c12-11(13,14)4-1-10(17)16-6-3-9-8(7-16)2-5-15-9/h8-9,15H,1-7H2. The number of rotatable bonds is 2. The number of hydrogen-bond acceptors (Lipinski definition) is 2. The number of alkyl halides is 3. The van der Waals surface area contributed by atoms with Gasteiger partial charge in [-0.25, -0.2) is 0 Å². The van der Waals surface area contributed by atoms with Gasteiger partial charge < -0.3 is 10.2 Å². The summed E-state index contributed by atoms with van der Waals surface area (Å²) in [4.78, 5) is 13.2. The number of likely N-dealkylation sites (tertiary alicyclic amines) is 1. The zero-order valence-electron chi connectivity index (χ0n) is 9.59. The lowest BCUT2D eigenvalue weighted by atomic mass is 9.93. The molecule has 0 aliphatic carbocycles. The van der Waals surface area contributed by atoms with E-state index in [9.17, 15) is 18.0 Å². The first-order valence-corrected chi connectivity index (χ1v) is 6.03. The van der Waals surface area contributed by atoms with Crippen molar-refractivity contribution in [3.05, 3.63) is 0 Å². The monoisotopic (exact) mass is 250 g/mol. The van der Waals surface area contributed by atoms with Gasteiger partial charge in [0.05, 0.1) is 6.42 Å². The number of halogens is 3. The first kappa shape index (κ1) is 12.7. The number of fused-ring (bicyclic) bond motifs is 1. The minimum Gasteiger partial charge on any atom is -0.342 e. The molecule has 0 bridgehead atoms. The summed E-state index contributed by atoms with van der Waals surface area (Å²) in [5.41, 5.74) is 0. The molecule has 2 aliphatic heterocycles. The highest BCUT2D eigenvalue weighted by Gasteiger charge is 2.35. The average molecular weight is 250 g/mol. The van der Waals surface area contributed by atoms with E-state index in [1.807, 2.05) is 0 Å². The van der Waals surface area contributed by atoms with Gasteiger partial charge in [0.1, 0.15) is 0 Å². The number of nitrogens with one attached hydrogen (secondary N) is 1. The summed E-state index contributed by atoms with van der Waals surface area (Å²) in [5.74, 6) is 0.0752. The summed E-state index contributed by atoms with van der Waals surface area (Å²) in [5, 5.41) is 3.36. The molecule has 98 valence electrons. The number of carbonyl (C=O) groups excluding carboxylic acids is 1. The first-order chi connectivity index (χ1) is 7.96. The van der Waals surface area contributed by atoms with Gasteiger partial charge in [-0.15, -0.1) is 0 Å². The van der Waals surface area contributed by atoms with E-state index in [2.05, 4.69) is 5.32 Å². The third-order valence-electron chi connectivity index (χ3n) is 3.63. The van der Waals surface area contributed by atoms with Crippen LogP contribution in [0.15, 0.2) is 0 Å². The van der Waals surface area contributed by atoms with Crippen molar-refractivity contribution < 1.29 is 18.0 Å². The molecular weight excluding hydrogens is 233 g/mol. The predicted molar refractivity (Wildman–Crippen MR) is 56.4 cm³/mol. The molecule has 2 unspecified atom stereocenters. The van der Waals surface area contributed by atoms with Gasteiger partial charge in [-0.05, 0) is 25.3 Å². The van der Waals surface area contributed by atoms with Gasteiger partial charge in [0.2, 0.25) is 5.91 Å². The number of hydrogen-bond donors (Lipinski definition) is 1. The molecule has 17 heavy (non-hydrogen) atoms. The van der Waals surface area contributed by atoms with E-state index in [1.165, 1.54) is 0 Å². The third-order valence-corrected chi connectivity index (χ3v) is 3.63. The highest BCUT2D eigenvalue weighted by atomic mass is 19.4. The minimum absolute atomic E-state index is 0.354. The minimum atomic E-state index is -4.23. The largest absolute Gasteiger partial charge is 0.389 e. The third kappa shape index (κ3) is 3.34. The lowest BCUT2D eigenvalue weighted by Crippen LogP contribution is -2.47. The fourth-order valence-electron chi connectivity index (χ4n) is 2.68. The molecular formula is C11H17F3N2O. The molecule has 3 nitrogen and oxygen atoms in total. The Bertz CT molecular complexity index is 293. The van der Waals surface area contributed by atoms with Gasteiger partial charge in [0.25, 0.3) is 0 Å². The smallest absolute Gasteiger partial charge is 0.342 e. The molecule has 2 saturated heterocycles. The maximum absolute atomic E-state index is 12.0. The van der Waals surface area contributed by atoms with Crippen molar-refractivity contribution in [2.75, 3.05) is 19.6 Å². The number of piperidine rings is 1. The molecule has 2 heterocycles. The quantitative estimate of drug-likeness (QED) is 0.806. The maximum atomic E-state index is 12.0. The average Bonchev–Trinajstić information content (AvgIpc) is 2.71. The van der Waals surface area contributed by atoms with Crippen molar-refractivity contribution in [1.29, 1.82) is 0 Å². The summed E-state index contributed by atoms with van der Waals surface area (Å²) in [7, 11) is 0. The van der Waals surface area contributed by atoms with E-state index < -0.39 is 19.0 Å². The number of amides is 1. The molecule has 2 atom stereocenters. The molecule has 0 saturated carbocycles. The van der Waals surface area contributed by atoms with Crippen LogP contribution < -0.4 is 5.32 Å². The van der Waals surface area contributed by atoms with Crippen molar-refractivity contribution >= 4 is 5.91 Å². The molecule has 1 N–H and O–H groups in total. The van der Waals surface area contributed by atoms with E-state index in [1.54, 1.807) is 4.90 Å². The van der Waals surface area contributed by atoms with Crippen LogP contribution in [0.4, 0.5) is 13.2 Å². The highest BCUT2D eigenvalue weighted by molar-refractivity contribution is 5.76. The van der Waals surface area contributed by atoms with Gasteiger partial charge in [0, 0.05) is 25.6 Å². The molecule has 0 radical (unpaired) electrons. The Labute approximate surface area is 98.3 Å². The second-order valence-corrected chi connectivity index (χ2v) is 4.85. The van der Waals surface area contributed by atoms with Crippen LogP contribution in [-0.4, -0.2) is 42.7 Å². The molecule has 0 aromatic carbocycles. The predicted octanol–water partition coefficient (Wildman–Crippen LogP) is 1.54. The van der Waals surface area contributed by atoms with Crippen LogP contribution in [0.5, 0.6) is 0 Å². The number of carbonyl (C=O) groups is 1. The Hall–Kier alpha value is -0.780. The van der Waals surface area contributed by atoms with Crippen molar-refractivity contribution in [3.63, 3.8) is 0 Å². The summed E-state index contributed by atoms with van der Waals surface area (Å²) < 4.78 is 36.1.